The Morgan fingerprint density at radius 2 is 1.86 bits per heavy atom. The first kappa shape index (κ1) is 16.3. The van der Waals surface area contributed by atoms with E-state index in [1.807, 2.05) is 24.3 Å². The molecule has 4 nitrogen and oxygen atoms in total. The second kappa shape index (κ2) is 8.41. The van der Waals surface area contributed by atoms with Crippen molar-refractivity contribution in [2.45, 2.75) is 19.9 Å². The van der Waals surface area contributed by atoms with Gasteiger partial charge in [0, 0.05) is 6.54 Å². The van der Waals surface area contributed by atoms with Crippen LogP contribution in [0.1, 0.15) is 29.3 Å². The van der Waals surface area contributed by atoms with Gasteiger partial charge < -0.3 is 4.74 Å². The maximum absolute atomic E-state index is 12.0. The number of carbonyl (C=O) groups is 1. The van der Waals surface area contributed by atoms with Crippen LogP contribution in [0.5, 0.6) is 5.75 Å². The van der Waals surface area contributed by atoms with Gasteiger partial charge in [0.25, 0.3) is 5.91 Å². The Hall–Kier alpha value is -2.04. The lowest BCUT2D eigenvalue weighted by molar-refractivity contribution is 0.0932. The summed E-state index contributed by atoms with van der Waals surface area (Å²) in [7, 11) is 0. The van der Waals surface area contributed by atoms with E-state index < -0.39 is 0 Å². The highest BCUT2D eigenvalue weighted by Gasteiger charge is 2.08. The van der Waals surface area contributed by atoms with Crippen molar-refractivity contribution in [1.29, 1.82) is 0 Å². The molecule has 2 N–H and O–H groups in total. The van der Waals surface area contributed by atoms with Gasteiger partial charge in [0.1, 0.15) is 5.75 Å². The molecule has 0 radical (unpaired) electrons. The molecule has 0 unspecified atom stereocenters. The van der Waals surface area contributed by atoms with Crippen LogP contribution in [0.4, 0.5) is 0 Å². The number of ether oxygens (including phenoxy) is 1. The first-order valence-electron chi connectivity index (χ1n) is 7.20. The molecule has 0 saturated carbocycles. The van der Waals surface area contributed by atoms with E-state index in [-0.39, 0.29) is 5.91 Å². The number of nitrogens with one attached hydrogen (secondary N) is 2. The van der Waals surface area contributed by atoms with Crippen molar-refractivity contribution < 1.29 is 9.53 Å². The first-order valence-corrected chi connectivity index (χ1v) is 7.58. The van der Waals surface area contributed by atoms with Crippen LogP contribution in [0, 0.1) is 0 Å². The molecule has 2 aromatic carbocycles. The molecule has 5 heteroatoms. The third kappa shape index (κ3) is 4.76. The van der Waals surface area contributed by atoms with Gasteiger partial charge in [-0.2, -0.15) is 0 Å². The van der Waals surface area contributed by atoms with Gasteiger partial charge >= 0.3 is 0 Å². The molecule has 0 heterocycles. The molecule has 2 rings (SSSR count). The number of hydrogen-bond donors (Lipinski definition) is 2. The van der Waals surface area contributed by atoms with Gasteiger partial charge in [-0.05, 0) is 36.2 Å². The number of amides is 1. The van der Waals surface area contributed by atoms with Gasteiger partial charge in [0.05, 0.1) is 17.2 Å². The van der Waals surface area contributed by atoms with E-state index >= 15 is 0 Å². The fourth-order valence-electron chi connectivity index (χ4n) is 1.86. The summed E-state index contributed by atoms with van der Waals surface area (Å²) in [6.07, 6.45) is 0.984. The van der Waals surface area contributed by atoms with Crippen LogP contribution in [0.15, 0.2) is 48.5 Å². The normalized spacial score (nSPS) is 10.3. The largest absolute Gasteiger partial charge is 0.494 e. The van der Waals surface area contributed by atoms with Gasteiger partial charge in [-0.15, -0.1) is 0 Å². The van der Waals surface area contributed by atoms with E-state index in [0.29, 0.717) is 23.7 Å². The van der Waals surface area contributed by atoms with E-state index in [1.54, 1.807) is 24.3 Å². The van der Waals surface area contributed by atoms with Gasteiger partial charge in [0.2, 0.25) is 0 Å². The Labute approximate surface area is 135 Å². The lowest BCUT2D eigenvalue weighted by Gasteiger charge is -2.09. The Bertz CT molecular complexity index is 614. The van der Waals surface area contributed by atoms with Crippen LogP contribution in [0.25, 0.3) is 0 Å². The molecule has 1 amide bonds. The fourth-order valence-corrected chi connectivity index (χ4v) is 2.08. The molecule has 0 aromatic heterocycles. The molecule has 0 saturated heterocycles. The van der Waals surface area contributed by atoms with Crippen LogP contribution in [0.2, 0.25) is 5.02 Å². The smallest absolute Gasteiger partial charge is 0.266 e. The van der Waals surface area contributed by atoms with Crippen molar-refractivity contribution in [3.63, 3.8) is 0 Å². The molecule has 0 aliphatic rings. The number of carbonyl (C=O) groups excluding carboxylic acids is 1. The van der Waals surface area contributed by atoms with Crippen molar-refractivity contribution in [2.24, 2.45) is 0 Å². The molecule has 22 heavy (non-hydrogen) atoms. The van der Waals surface area contributed by atoms with Crippen molar-refractivity contribution in [2.75, 3.05) is 6.61 Å². The molecule has 2 aromatic rings. The zero-order chi connectivity index (χ0) is 15.8. The maximum Gasteiger partial charge on any atom is 0.266 e. The van der Waals surface area contributed by atoms with Crippen molar-refractivity contribution in [1.82, 2.24) is 10.9 Å². The summed E-state index contributed by atoms with van der Waals surface area (Å²) in [6.45, 7) is 3.30. The Balaban J connectivity index is 1.81. The minimum atomic E-state index is -0.256. The second-order valence-electron chi connectivity index (χ2n) is 4.78. The zero-order valence-corrected chi connectivity index (χ0v) is 13.2. The van der Waals surface area contributed by atoms with Crippen LogP contribution in [-0.4, -0.2) is 12.5 Å². The minimum Gasteiger partial charge on any atom is -0.494 e. The van der Waals surface area contributed by atoms with Crippen LogP contribution < -0.4 is 15.6 Å². The molecular weight excluding hydrogens is 300 g/mol. The molecule has 0 fully saturated rings. The van der Waals surface area contributed by atoms with Crippen LogP contribution in [0.3, 0.4) is 0 Å². The monoisotopic (exact) mass is 318 g/mol. The van der Waals surface area contributed by atoms with E-state index in [1.165, 1.54) is 0 Å². The minimum absolute atomic E-state index is 0.256. The number of benzene rings is 2. The van der Waals surface area contributed by atoms with Gasteiger partial charge in [-0.25, -0.2) is 5.43 Å². The molecule has 0 aliphatic heterocycles. The van der Waals surface area contributed by atoms with Crippen molar-refractivity contribution in [3.8, 4) is 5.75 Å². The summed E-state index contributed by atoms with van der Waals surface area (Å²) in [5, 5.41) is 0.430. The number of halogens is 1. The highest BCUT2D eigenvalue weighted by Crippen LogP contribution is 2.14. The Kier molecular flexibility index (Phi) is 6.25. The predicted octanol–water partition coefficient (Wildman–Crippen LogP) is 3.56. The van der Waals surface area contributed by atoms with E-state index in [9.17, 15) is 4.79 Å². The predicted molar refractivity (Wildman–Crippen MR) is 88.0 cm³/mol. The summed E-state index contributed by atoms with van der Waals surface area (Å²) in [5.74, 6) is 0.596. The zero-order valence-electron chi connectivity index (χ0n) is 12.4. The summed E-state index contributed by atoms with van der Waals surface area (Å²) >= 11 is 5.97. The molecular formula is C17H19ClN2O2. The highest BCUT2D eigenvalue weighted by molar-refractivity contribution is 6.33. The molecule has 116 valence electrons. The quantitative estimate of drug-likeness (QED) is 0.767. The topological polar surface area (TPSA) is 50.4 Å². The second-order valence-corrected chi connectivity index (χ2v) is 5.19. The summed E-state index contributed by atoms with van der Waals surface area (Å²) in [6, 6.07) is 14.7. The molecule has 0 bridgehead atoms. The third-order valence-corrected chi connectivity index (χ3v) is 3.34. The van der Waals surface area contributed by atoms with Crippen LogP contribution >= 0.6 is 11.6 Å². The molecule has 0 spiro atoms. The summed E-state index contributed by atoms with van der Waals surface area (Å²) in [4.78, 5) is 12.0. The lowest BCUT2D eigenvalue weighted by atomic mass is 10.2. The summed E-state index contributed by atoms with van der Waals surface area (Å²) < 4.78 is 5.52. The lowest BCUT2D eigenvalue weighted by Crippen LogP contribution is -2.36. The summed E-state index contributed by atoms with van der Waals surface area (Å²) in [5.41, 5.74) is 7.01. The van der Waals surface area contributed by atoms with Gasteiger partial charge in [-0.3, -0.25) is 10.2 Å². The van der Waals surface area contributed by atoms with Crippen LogP contribution in [-0.2, 0) is 6.54 Å². The van der Waals surface area contributed by atoms with Crippen molar-refractivity contribution >= 4 is 17.5 Å². The Morgan fingerprint density at radius 3 is 2.55 bits per heavy atom. The van der Waals surface area contributed by atoms with Crippen molar-refractivity contribution in [3.05, 3.63) is 64.7 Å². The third-order valence-electron chi connectivity index (χ3n) is 3.01. The van der Waals surface area contributed by atoms with E-state index in [2.05, 4.69) is 17.8 Å². The fraction of sp³-hybridized carbons (Fsp3) is 0.235. The number of hydrazine groups is 1. The maximum atomic E-state index is 12.0. The van der Waals surface area contributed by atoms with E-state index in [0.717, 1.165) is 17.7 Å². The number of rotatable bonds is 7. The Morgan fingerprint density at radius 1 is 1.14 bits per heavy atom. The number of hydrogen-bond acceptors (Lipinski definition) is 3. The molecule has 0 atom stereocenters. The van der Waals surface area contributed by atoms with Gasteiger partial charge in [-0.1, -0.05) is 42.8 Å². The standard InChI is InChI=1S/C17H19ClN2O2/c1-2-11-22-14-9-7-13(8-10-14)12-19-20-17(21)15-5-3-4-6-16(15)18/h3-10,19H,2,11-12H2,1H3,(H,20,21). The average Bonchev–Trinajstić information content (AvgIpc) is 2.54. The average molecular weight is 319 g/mol. The highest BCUT2D eigenvalue weighted by atomic mass is 35.5. The first-order chi connectivity index (χ1) is 10.7. The van der Waals surface area contributed by atoms with E-state index in [4.69, 9.17) is 16.3 Å². The SMILES string of the molecule is CCCOc1ccc(CNNC(=O)c2ccccc2Cl)cc1. The van der Waals surface area contributed by atoms with Gasteiger partial charge in [0.15, 0.2) is 0 Å². The molecule has 0 aliphatic carbocycles.